The van der Waals surface area contributed by atoms with E-state index in [2.05, 4.69) is 29.7 Å². The Balaban J connectivity index is 1.79. The fourth-order valence-electron chi connectivity index (χ4n) is 2.14. The Morgan fingerprint density at radius 3 is 2.79 bits per heavy atom. The first-order chi connectivity index (χ1) is 9.28. The second-order valence-corrected chi connectivity index (χ2v) is 4.96. The second kappa shape index (κ2) is 7.14. The highest BCUT2D eigenvalue weighted by Crippen LogP contribution is 2.12. The minimum absolute atomic E-state index is 0.142. The van der Waals surface area contributed by atoms with E-state index in [4.69, 9.17) is 4.74 Å². The fraction of sp³-hybridized carbons (Fsp3) is 0.533. The van der Waals surface area contributed by atoms with Crippen molar-refractivity contribution >= 4 is 11.7 Å². The van der Waals surface area contributed by atoms with E-state index in [1.807, 2.05) is 12.1 Å². The Kier molecular flexibility index (Phi) is 5.21. The van der Waals surface area contributed by atoms with Crippen molar-refractivity contribution in [1.82, 2.24) is 5.32 Å². The molecule has 1 saturated heterocycles. The summed E-state index contributed by atoms with van der Waals surface area (Å²) < 4.78 is 5.22. The Morgan fingerprint density at radius 1 is 1.37 bits per heavy atom. The Bertz CT molecular complexity index is 397. The van der Waals surface area contributed by atoms with Gasteiger partial charge in [-0.1, -0.05) is 25.5 Å². The molecule has 0 saturated carbocycles. The molecule has 2 amide bonds. The Hall–Kier alpha value is -1.55. The van der Waals surface area contributed by atoms with E-state index in [9.17, 15) is 4.79 Å². The van der Waals surface area contributed by atoms with E-state index in [1.165, 1.54) is 18.4 Å². The maximum Gasteiger partial charge on any atom is 0.319 e. The molecule has 2 rings (SSSR count). The predicted molar refractivity (Wildman–Crippen MR) is 76.4 cm³/mol. The van der Waals surface area contributed by atoms with E-state index in [-0.39, 0.29) is 12.1 Å². The van der Waals surface area contributed by atoms with Crippen molar-refractivity contribution in [2.24, 2.45) is 0 Å². The van der Waals surface area contributed by atoms with Gasteiger partial charge in [-0.25, -0.2) is 4.79 Å². The Labute approximate surface area is 114 Å². The summed E-state index contributed by atoms with van der Waals surface area (Å²) in [5.41, 5.74) is 2.15. The molecule has 0 aromatic heterocycles. The number of anilines is 1. The summed E-state index contributed by atoms with van der Waals surface area (Å²) in [5.74, 6) is 0. The van der Waals surface area contributed by atoms with Crippen LogP contribution in [-0.2, 0) is 11.2 Å². The van der Waals surface area contributed by atoms with Crippen LogP contribution < -0.4 is 10.6 Å². The molecule has 4 heteroatoms. The summed E-state index contributed by atoms with van der Waals surface area (Å²) in [6.45, 7) is 3.54. The molecule has 1 atom stereocenters. The molecule has 0 radical (unpaired) electrons. The van der Waals surface area contributed by atoms with E-state index in [1.54, 1.807) is 0 Å². The molecule has 1 aromatic carbocycles. The molecule has 0 unspecified atom stereocenters. The highest BCUT2D eigenvalue weighted by atomic mass is 16.5. The molecule has 1 aliphatic heterocycles. The lowest BCUT2D eigenvalue weighted by Gasteiger charge is -2.12. The van der Waals surface area contributed by atoms with Crippen molar-refractivity contribution in [2.75, 3.05) is 18.5 Å². The Morgan fingerprint density at radius 2 is 2.16 bits per heavy atom. The van der Waals surface area contributed by atoms with Gasteiger partial charge in [0, 0.05) is 12.3 Å². The van der Waals surface area contributed by atoms with Crippen molar-refractivity contribution in [3.63, 3.8) is 0 Å². The van der Waals surface area contributed by atoms with Gasteiger partial charge >= 0.3 is 6.03 Å². The van der Waals surface area contributed by atoms with Crippen LogP contribution >= 0.6 is 0 Å². The first kappa shape index (κ1) is 13.9. The number of rotatable bonds is 5. The standard InChI is InChI=1S/C15H22N2O2/c1-2-3-4-12-5-7-13(8-6-12)16-15(18)17-14-9-10-19-11-14/h5-8,14H,2-4,9-11H2,1H3,(H2,16,17,18)/t14-/m0/s1. The normalized spacial score (nSPS) is 18.3. The third-order valence-electron chi connectivity index (χ3n) is 3.30. The summed E-state index contributed by atoms with van der Waals surface area (Å²) in [4.78, 5) is 11.7. The van der Waals surface area contributed by atoms with Crippen molar-refractivity contribution in [1.29, 1.82) is 0 Å². The number of nitrogens with one attached hydrogen (secondary N) is 2. The van der Waals surface area contributed by atoms with Gasteiger partial charge in [0.05, 0.1) is 12.6 Å². The van der Waals surface area contributed by atoms with E-state index < -0.39 is 0 Å². The number of ether oxygens (including phenoxy) is 1. The molecule has 1 aromatic rings. The summed E-state index contributed by atoms with van der Waals surface area (Å²) in [6.07, 6.45) is 4.40. The van der Waals surface area contributed by atoms with Gasteiger partial charge in [0.1, 0.15) is 0 Å². The molecule has 0 bridgehead atoms. The maximum absolute atomic E-state index is 11.7. The average molecular weight is 262 g/mol. The van der Waals surface area contributed by atoms with Crippen LogP contribution in [0, 0.1) is 0 Å². The first-order valence-electron chi connectivity index (χ1n) is 7.02. The van der Waals surface area contributed by atoms with Gasteiger partial charge in [-0.2, -0.15) is 0 Å². The topological polar surface area (TPSA) is 50.4 Å². The minimum atomic E-state index is -0.156. The van der Waals surface area contributed by atoms with Crippen molar-refractivity contribution in [3.05, 3.63) is 29.8 Å². The van der Waals surface area contributed by atoms with Gasteiger partial charge in [0.25, 0.3) is 0 Å². The van der Waals surface area contributed by atoms with Crippen LogP contribution in [0.1, 0.15) is 31.7 Å². The minimum Gasteiger partial charge on any atom is -0.379 e. The quantitative estimate of drug-likeness (QED) is 0.857. The van der Waals surface area contributed by atoms with Gasteiger partial charge in [0.15, 0.2) is 0 Å². The smallest absolute Gasteiger partial charge is 0.319 e. The van der Waals surface area contributed by atoms with Gasteiger partial charge in [-0.05, 0) is 37.0 Å². The lowest BCUT2D eigenvalue weighted by Crippen LogP contribution is -2.38. The highest BCUT2D eigenvalue weighted by Gasteiger charge is 2.17. The predicted octanol–water partition coefficient (Wildman–Crippen LogP) is 2.94. The summed E-state index contributed by atoms with van der Waals surface area (Å²) >= 11 is 0. The summed E-state index contributed by atoms with van der Waals surface area (Å²) in [5, 5.41) is 5.75. The largest absolute Gasteiger partial charge is 0.379 e. The van der Waals surface area contributed by atoms with Crippen molar-refractivity contribution in [3.8, 4) is 0 Å². The molecule has 1 aliphatic rings. The number of hydrogen-bond acceptors (Lipinski definition) is 2. The van der Waals surface area contributed by atoms with Gasteiger partial charge in [0.2, 0.25) is 0 Å². The van der Waals surface area contributed by atoms with Crippen LogP contribution in [0.2, 0.25) is 0 Å². The molecule has 0 aliphatic carbocycles. The van der Waals surface area contributed by atoms with Crippen LogP contribution in [0.4, 0.5) is 10.5 Å². The zero-order chi connectivity index (χ0) is 13.5. The zero-order valence-electron chi connectivity index (χ0n) is 11.4. The van der Waals surface area contributed by atoms with Crippen LogP contribution in [0.5, 0.6) is 0 Å². The number of carbonyl (C=O) groups excluding carboxylic acids is 1. The van der Waals surface area contributed by atoms with Crippen LogP contribution in [-0.4, -0.2) is 25.3 Å². The van der Waals surface area contributed by atoms with Crippen LogP contribution in [0.3, 0.4) is 0 Å². The highest BCUT2D eigenvalue weighted by molar-refractivity contribution is 5.89. The van der Waals surface area contributed by atoms with E-state index in [0.717, 1.165) is 25.1 Å². The zero-order valence-corrected chi connectivity index (χ0v) is 11.4. The van der Waals surface area contributed by atoms with E-state index >= 15 is 0 Å². The molecule has 19 heavy (non-hydrogen) atoms. The van der Waals surface area contributed by atoms with Crippen molar-refractivity contribution in [2.45, 2.75) is 38.6 Å². The number of amides is 2. The number of carbonyl (C=O) groups is 1. The maximum atomic E-state index is 11.7. The summed E-state index contributed by atoms with van der Waals surface area (Å²) in [7, 11) is 0. The molecule has 1 heterocycles. The molecule has 0 spiro atoms. The number of aryl methyl sites for hydroxylation is 1. The number of urea groups is 1. The van der Waals surface area contributed by atoms with E-state index in [0.29, 0.717) is 6.61 Å². The number of unbranched alkanes of at least 4 members (excludes halogenated alkanes) is 1. The molecule has 2 N–H and O–H groups in total. The molecule has 1 fully saturated rings. The van der Waals surface area contributed by atoms with Gasteiger partial charge < -0.3 is 15.4 Å². The first-order valence-corrected chi connectivity index (χ1v) is 7.02. The monoisotopic (exact) mass is 262 g/mol. The third-order valence-corrected chi connectivity index (χ3v) is 3.30. The summed E-state index contributed by atoms with van der Waals surface area (Å²) in [6, 6.07) is 8.04. The van der Waals surface area contributed by atoms with Gasteiger partial charge in [-0.3, -0.25) is 0 Å². The fourth-order valence-corrected chi connectivity index (χ4v) is 2.14. The SMILES string of the molecule is CCCCc1ccc(NC(=O)N[C@H]2CCOC2)cc1. The molecule has 4 nitrogen and oxygen atoms in total. The lowest BCUT2D eigenvalue weighted by molar-refractivity contribution is 0.189. The molecule has 104 valence electrons. The second-order valence-electron chi connectivity index (χ2n) is 4.96. The average Bonchev–Trinajstić information content (AvgIpc) is 2.90. The third kappa shape index (κ3) is 4.56. The number of benzene rings is 1. The van der Waals surface area contributed by atoms with Gasteiger partial charge in [-0.15, -0.1) is 0 Å². The van der Waals surface area contributed by atoms with Crippen LogP contribution in [0.15, 0.2) is 24.3 Å². The molecular weight excluding hydrogens is 240 g/mol. The van der Waals surface area contributed by atoms with Crippen LogP contribution in [0.25, 0.3) is 0 Å². The van der Waals surface area contributed by atoms with Crippen molar-refractivity contribution < 1.29 is 9.53 Å². The lowest BCUT2D eigenvalue weighted by atomic mass is 10.1. The molecular formula is C15H22N2O2. The number of hydrogen-bond donors (Lipinski definition) is 2.